The van der Waals surface area contributed by atoms with Gasteiger partial charge in [0.15, 0.2) is 0 Å². The van der Waals surface area contributed by atoms with Crippen LogP contribution in [0.5, 0.6) is 0 Å². The van der Waals surface area contributed by atoms with Crippen LogP contribution < -0.4 is 5.32 Å². The number of benzene rings is 1. The topological polar surface area (TPSA) is 58.6 Å². The molecule has 2 aliphatic rings. The van der Waals surface area contributed by atoms with Gasteiger partial charge in [0, 0.05) is 11.6 Å². The molecule has 0 aromatic heterocycles. The Morgan fingerprint density at radius 3 is 2.64 bits per heavy atom. The molecule has 1 aliphatic carbocycles. The zero-order valence-corrected chi connectivity index (χ0v) is 13.0. The minimum atomic E-state index is -0.351. The summed E-state index contributed by atoms with van der Waals surface area (Å²) in [6.45, 7) is 2.19. The Hall–Kier alpha value is -2.04. The number of methoxy groups -OCH3 is 1. The second-order valence-electron chi connectivity index (χ2n) is 6.23. The van der Waals surface area contributed by atoms with Gasteiger partial charge in [-0.3, -0.25) is 9.69 Å². The minimum absolute atomic E-state index is 0.145. The summed E-state index contributed by atoms with van der Waals surface area (Å²) < 4.78 is 4.94. The van der Waals surface area contributed by atoms with E-state index in [1.807, 2.05) is 18.2 Å². The lowest BCUT2D eigenvalue weighted by molar-refractivity contribution is 0.0250. The molecule has 2 bridgehead atoms. The molecule has 1 aromatic carbocycles. The van der Waals surface area contributed by atoms with Crippen molar-refractivity contribution in [3.8, 4) is 0 Å². The van der Waals surface area contributed by atoms with Crippen molar-refractivity contribution in [2.24, 2.45) is 11.8 Å². The predicted octanol–water partition coefficient (Wildman–Crippen LogP) is 2.63. The number of carbonyl (C=O) groups excluding carboxylic acids is 2. The lowest BCUT2D eigenvalue weighted by Crippen LogP contribution is -2.59. The molecule has 3 unspecified atom stereocenters. The van der Waals surface area contributed by atoms with Crippen LogP contribution in [0.3, 0.4) is 0 Å². The van der Waals surface area contributed by atoms with Crippen LogP contribution in [-0.2, 0) is 4.74 Å². The van der Waals surface area contributed by atoms with Gasteiger partial charge < -0.3 is 10.1 Å². The molecule has 2 amide bonds. The molecular weight excluding hydrogens is 280 g/mol. The molecule has 5 heteroatoms. The van der Waals surface area contributed by atoms with E-state index in [0.717, 1.165) is 19.3 Å². The van der Waals surface area contributed by atoms with E-state index in [9.17, 15) is 9.59 Å². The molecule has 5 nitrogen and oxygen atoms in total. The van der Waals surface area contributed by atoms with Crippen LogP contribution >= 0.6 is 0 Å². The molecule has 1 aromatic rings. The van der Waals surface area contributed by atoms with Crippen molar-refractivity contribution in [2.45, 2.75) is 38.4 Å². The lowest BCUT2D eigenvalue weighted by Gasteiger charge is -2.43. The van der Waals surface area contributed by atoms with Gasteiger partial charge in [0.05, 0.1) is 7.11 Å². The van der Waals surface area contributed by atoms with Crippen LogP contribution in [0.4, 0.5) is 4.79 Å². The molecule has 2 fully saturated rings. The first-order valence-electron chi connectivity index (χ1n) is 7.84. The Bertz CT molecular complexity index is 560. The standard InChI is InChI=1S/C17H22N2O3/c1-11-13-8-9-14(11)19(17(21)22-2)15(10-13)18-16(20)12-6-4-3-5-7-12/h3-7,11,13-15H,8-10H2,1-2H3,(H,18,20)/t11?,13?,14-,15?/m1/s1. The molecule has 1 aliphatic heterocycles. The lowest BCUT2D eigenvalue weighted by atomic mass is 9.86. The van der Waals surface area contributed by atoms with E-state index >= 15 is 0 Å². The summed E-state index contributed by atoms with van der Waals surface area (Å²) >= 11 is 0. The van der Waals surface area contributed by atoms with Crippen LogP contribution in [0.2, 0.25) is 0 Å². The number of nitrogens with one attached hydrogen (secondary N) is 1. The van der Waals surface area contributed by atoms with Crippen LogP contribution in [0, 0.1) is 11.8 Å². The third-order valence-corrected chi connectivity index (χ3v) is 5.12. The second kappa shape index (κ2) is 5.99. The van der Waals surface area contributed by atoms with Gasteiger partial charge >= 0.3 is 6.09 Å². The maximum atomic E-state index is 12.4. The first-order chi connectivity index (χ1) is 10.6. The number of hydrogen-bond acceptors (Lipinski definition) is 3. The Labute approximate surface area is 130 Å². The minimum Gasteiger partial charge on any atom is -0.453 e. The zero-order valence-electron chi connectivity index (χ0n) is 13.0. The quantitative estimate of drug-likeness (QED) is 0.913. The maximum absolute atomic E-state index is 12.4. The van der Waals surface area contributed by atoms with E-state index in [0.29, 0.717) is 17.4 Å². The Kier molecular flexibility index (Phi) is 4.05. The molecule has 0 spiro atoms. The molecule has 1 saturated carbocycles. The molecule has 22 heavy (non-hydrogen) atoms. The Morgan fingerprint density at radius 1 is 1.23 bits per heavy atom. The van der Waals surface area contributed by atoms with Gasteiger partial charge in [-0.05, 0) is 43.2 Å². The summed E-state index contributed by atoms with van der Waals surface area (Å²) in [4.78, 5) is 26.3. The van der Waals surface area contributed by atoms with Gasteiger partial charge in [0.2, 0.25) is 0 Å². The monoisotopic (exact) mass is 302 g/mol. The summed E-state index contributed by atoms with van der Waals surface area (Å²) in [5.41, 5.74) is 0.610. The summed E-state index contributed by atoms with van der Waals surface area (Å²) in [6.07, 6.45) is 2.26. The van der Waals surface area contributed by atoms with Crippen LogP contribution in [0.25, 0.3) is 0 Å². The SMILES string of the molecule is COC(=O)N1C(NC(=O)c2ccccc2)CC2CC[C@@H]1C2C. The largest absolute Gasteiger partial charge is 0.453 e. The summed E-state index contributed by atoms with van der Waals surface area (Å²) in [5.74, 6) is 0.879. The van der Waals surface area contributed by atoms with Crippen LogP contribution in [-0.4, -0.2) is 36.2 Å². The number of likely N-dealkylation sites (tertiary alicyclic amines) is 1. The summed E-state index contributed by atoms with van der Waals surface area (Å²) in [5, 5.41) is 3.01. The van der Waals surface area contributed by atoms with Crippen molar-refractivity contribution in [3.05, 3.63) is 35.9 Å². The summed E-state index contributed by atoms with van der Waals surface area (Å²) in [6, 6.07) is 9.25. The summed E-state index contributed by atoms with van der Waals surface area (Å²) in [7, 11) is 1.39. The zero-order chi connectivity index (χ0) is 15.7. The van der Waals surface area contributed by atoms with E-state index in [-0.39, 0.29) is 24.2 Å². The van der Waals surface area contributed by atoms with E-state index in [4.69, 9.17) is 4.74 Å². The highest BCUT2D eigenvalue weighted by Gasteiger charge is 2.48. The average Bonchev–Trinajstić information content (AvgIpc) is 2.78. The number of ether oxygens (including phenoxy) is 1. The van der Waals surface area contributed by atoms with Gasteiger partial charge in [-0.15, -0.1) is 0 Å². The number of amides is 2. The van der Waals surface area contributed by atoms with Gasteiger partial charge in [-0.1, -0.05) is 25.1 Å². The fraction of sp³-hybridized carbons (Fsp3) is 0.529. The molecular formula is C17H22N2O3. The molecule has 0 radical (unpaired) electrons. The molecule has 3 rings (SSSR count). The van der Waals surface area contributed by atoms with Crippen molar-refractivity contribution < 1.29 is 14.3 Å². The van der Waals surface area contributed by atoms with E-state index < -0.39 is 0 Å². The highest BCUT2D eigenvalue weighted by Crippen LogP contribution is 2.43. The molecule has 1 saturated heterocycles. The third-order valence-electron chi connectivity index (χ3n) is 5.12. The van der Waals surface area contributed by atoms with Gasteiger partial charge in [0.25, 0.3) is 5.91 Å². The smallest absolute Gasteiger partial charge is 0.411 e. The van der Waals surface area contributed by atoms with E-state index in [1.54, 1.807) is 17.0 Å². The highest BCUT2D eigenvalue weighted by molar-refractivity contribution is 5.94. The van der Waals surface area contributed by atoms with Crippen LogP contribution in [0.1, 0.15) is 36.5 Å². The Balaban J connectivity index is 1.79. The van der Waals surface area contributed by atoms with Gasteiger partial charge in [-0.25, -0.2) is 4.79 Å². The average molecular weight is 302 g/mol. The number of nitrogens with zero attached hydrogens (tertiary/aromatic N) is 1. The predicted molar refractivity (Wildman–Crippen MR) is 82.2 cm³/mol. The number of piperidine rings is 1. The van der Waals surface area contributed by atoms with Gasteiger partial charge in [-0.2, -0.15) is 0 Å². The number of hydrogen-bond donors (Lipinski definition) is 1. The van der Waals surface area contributed by atoms with Gasteiger partial charge in [0.1, 0.15) is 6.17 Å². The van der Waals surface area contributed by atoms with Crippen LogP contribution in [0.15, 0.2) is 30.3 Å². The van der Waals surface area contributed by atoms with Crippen molar-refractivity contribution >= 4 is 12.0 Å². The normalized spacial score (nSPS) is 30.0. The van der Waals surface area contributed by atoms with Crippen molar-refractivity contribution in [1.29, 1.82) is 0 Å². The first-order valence-corrected chi connectivity index (χ1v) is 7.84. The van der Waals surface area contributed by atoms with Crippen molar-refractivity contribution in [2.75, 3.05) is 7.11 Å². The number of fused-ring (bicyclic) bond motifs is 2. The van der Waals surface area contributed by atoms with E-state index in [2.05, 4.69) is 12.2 Å². The molecule has 4 atom stereocenters. The fourth-order valence-electron chi connectivity index (χ4n) is 3.90. The number of rotatable bonds is 2. The highest BCUT2D eigenvalue weighted by atomic mass is 16.5. The number of carbonyl (C=O) groups is 2. The van der Waals surface area contributed by atoms with Crippen molar-refractivity contribution in [3.63, 3.8) is 0 Å². The van der Waals surface area contributed by atoms with Crippen molar-refractivity contribution in [1.82, 2.24) is 10.2 Å². The first kappa shape index (κ1) is 14.9. The van der Waals surface area contributed by atoms with E-state index in [1.165, 1.54) is 7.11 Å². The fourth-order valence-corrected chi connectivity index (χ4v) is 3.90. The maximum Gasteiger partial charge on any atom is 0.411 e. The Morgan fingerprint density at radius 2 is 1.95 bits per heavy atom. The molecule has 118 valence electrons. The molecule has 1 N–H and O–H groups in total. The third kappa shape index (κ3) is 2.56. The second-order valence-corrected chi connectivity index (χ2v) is 6.23. The molecule has 1 heterocycles.